The summed E-state index contributed by atoms with van der Waals surface area (Å²) in [5.74, 6) is 0.747. The lowest BCUT2D eigenvalue weighted by atomic mass is 9.87. The fraction of sp³-hybridized carbons (Fsp3) is 0.412. The van der Waals surface area contributed by atoms with Gasteiger partial charge < -0.3 is 5.32 Å². The Kier molecular flexibility index (Phi) is 3.68. The van der Waals surface area contributed by atoms with E-state index in [1.54, 1.807) is 6.20 Å². The van der Waals surface area contributed by atoms with Crippen molar-refractivity contribution >= 4 is 16.7 Å². The third-order valence-electron chi connectivity index (χ3n) is 4.21. The van der Waals surface area contributed by atoms with Gasteiger partial charge in [-0.3, -0.25) is 9.78 Å². The zero-order valence-corrected chi connectivity index (χ0v) is 11.8. The predicted molar refractivity (Wildman–Crippen MR) is 80.6 cm³/mol. The highest BCUT2D eigenvalue weighted by Crippen LogP contribution is 2.23. The maximum atomic E-state index is 12.3. The molecule has 1 heterocycles. The molecule has 0 spiro atoms. The summed E-state index contributed by atoms with van der Waals surface area (Å²) in [6.45, 7) is 2.28. The number of fused-ring (bicyclic) bond motifs is 1. The third kappa shape index (κ3) is 2.82. The minimum atomic E-state index is -0.0460. The summed E-state index contributed by atoms with van der Waals surface area (Å²) in [5.41, 5.74) is 0.516. The first-order chi connectivity index (χ1) is 9.72. The van der Waals surface area contributed by atoms with Crippen molar-refractivity contribution in [1.82, 2.24) is 10.3 Å². The lowest BCUT2D eigenvalue weighted by Crippen LogP contribution is -2.37. The van der Waals surface area contributed by atoms with E-state index in [9.17, 15) is 4.79 Å². The van der Waals surface area contributed by atoms with Crippen molar-refractivity contribution in [3.63, 3.8) is 0 Å². The fourth-order valence-electron chi connectivity index (χ4n) is 2.87. The average Bonchev–Trinajstić information content (AvgIpc) is 2.49. The van der Waals surface area contributed by atoms with E-state index < -0.39 is 0 Å². The number of nitrogens with one attached hydrogen (secondary N) is 1. The standard InChI is InChI=1S/C17H20N2O/c1-12-6-8-15(9-7-12)19-17(20)16-10-13-4-2-3-5-14(13)11-18-16/h2-5,10-12,15H,6-9H2,1H3,(H,19,20). The molecule has 0 radical (unpaired) electrons. The van der Waals surface area contributed by atoms with Crippen molar-refractivity contribution in [3.05, 3.63) is 42.2 Å². The zero-order chi connectivity index (χ0) is 13.9. The summed E-state index contributed by atoms with van der Waals surface area (Å²) in [7, 11) is 0. The first-order valence-corrected chi connectivity index (χ1v) is 7.38. The minimum absolute atomic E-state index is 0.0460. The molecule has 1 fully saturated rings. The highest BCUT2D eigenvalue weighted by atomic mass is 16.1. The highest BCUT2D eigenvalue weighted by Gasteiger charge is 2.20. The molecule has 1 aliphatic rings. The van der Waals surface area contributed by atoms with E-state index in [1.807, 2.05) is 30.3 Å². The van der Waals surface area contributed by atoms with Gasteiger partial charge in [-0.05, 0) is 43.1 Å². The molecule has 1 amide bonds. The van der Waals surface area contributed by atoms with Crippen molar-refractivity contribution in [2.24, 2.45) is 5.92 Å². The van der Waals surface area contributed by atoms with Gasteiger partial charge in [-0.2, -0.15) is 0 Å². The van der Waals surface area contributed by atoms with Crippen molar-refractivity contribution in [2.75, 3.05) is 0 Å². The van der Waals surface area contributed by atoms with Gasteiger partial charge in [0.2, 0.25) is 0 Å². The van der Waals surface area contributed by atoms with Crippen molar-refractivity contribution in [1.29, 1.82) is 0 Å². The van der Waals surface area contributed by atoms with E-state index in [0.29, 0.717) is 11.7 Å². The summed E-state index contributed by atoms with van der Waals surface area (Å²) in [6.07, 6.45) is 6.35. The number of aromatic nitrogens is 1. The summed E-state index contributed by atoms with van der Waals surface area (Å²) < 4.78 is 0. The minimum Gasteiger partial charge on any atom is -0.348 e. The number of amides is 1. The van der Waals surface area contributed by atoms with Gasteiger partial charge >= 0.3 is 0 Å². The van der Waals surface area contributed by atoms with Gasteiger partial charge in [0.1, 0.15) is 5.69 Å². The SMILES string of the molecule is CC1CCC(NC(=O)c2cc3ccccc3cn2)CC1. The largest absolute Gasteiger partial charge is 0.348 e. The first kappa shape index (κ1) is 13.1. The second-order valence-electron chi connectivity index (χ2n) is 5.85. The Morgan fingerprint density at radius 2 is 1.85 bits per heavy atom. The number of carbonyl (C=O) groups is 1. The molecule has 3 heteroatoms. The smallest absolute Gasteiger partial charge is 0.270 e. The van der Waals surface area contributed by atoms with Gasteiger partial charge in [0.05, 0.1) is 0 Å². The van der Waals surface area contributed by atoms with Crippen LogP contribution >= 0.6 is 0 Å². The number of hydrogen-bond donors (Lipinski definition) is 1. The Balaban J connectivity index is 1.72. The van der Waals surface area contributed by atoms with Crippen LogP contribution in [0.15, 0.2) is 36.5 Å². The van der Waals surface area contributed by atoms with E-state index in [4.69, 9.17) is 0 Å². The molecule has 3 rings (SSSR count). The molecule has 3 nitrogen and oxygen atoms in total. The van der Waals surface area contributed by atoms with Gasteiger partial charge in [-0.15, -0.1) is 0 Å². The summed E-state index contributed by atoms with van der Waals surface area (Å²) >= 11 is 0. The van der Waals surface area contributed by atoms with E-state index in [0.717, 1.165) is 29.5 Å². The number of pyridine rings is 1. The highest BCUT2D eigenvalue weighted by molar-refractivity contribution is 5.96. The summed E-state index contributed by atoms with van der Waals surface area (Å²) in [4.78, 5) is 16.5. The van der Waals surface area contributed by atoms with Crippen LogP contribution in [0.4, 0.5) is 0 Å². The Hall–Kier alpha value is -1.90. The molecule has 1 aromatic carbocycles. The van der Waals surface area contributed by atoms with Crippen LogP contribution in [0.1, 0.15) is 43.1 Å². The van der Waals surface area contributed by atoms with E-state index in [-0.39, 0.29) is 5.91 Å². The van der Waals surface area contributed by atoms with Crippen LogP contribution in [-0.4, -0.2) is 16.9 Å². The lowest BCUT2D eigenvalue weighted by Gasteiger charge is -2.26. The number of benzene rings is 1. The maximum Gasteiger partial charge on any atom is 0.270 e. The second-order valence-corrected chi connectivity index (χ2v) is 5.85. The molecule has 2 aromatic rings. The molecule has 1 aliphatic carbocycles. The van der Waals surface area contributed by atoms with Crippen molar-refractivity contribution < 1.29 is 4.79 Å². The van der Waals surface area contributed by atoms with Crippen LogP contribution in [0.2, 0.25) is 0 Å². The molecule has 0 unspecified atom stereocenters. The zero-order valence-electron chi connectivity index (χ0n) is 11.8. The molecular formula is C17H20N2O. The number of rotatable bonds is 2. The summed E-state index contributed by atoms with van der Waals surface area (Å²) in [6, 6.07) is 10.2. The summed E-state index contributed by atoms with van der Waals surface area (Å²) in [5, 5.41) is 5.24. The molecule has 1 aromatic heterocycles. The molecule has 0 aliphatic heterocycles. The molecule has 0 bridgehead atoms. The Labute approximate surface area is 119 Å². The van der Waals surface area contributed by atoms with E-state index in [2.05, 4.69) is 17.2 Å². The average molecular weight is 268 g/mol. The Morgan fingerprint density at radius 1 is 1.15 bits per heavy atom. The second kappa shape index (κ2) is 5.61. The van der Waals surface area contributed by atoms with Gasteiger partial charge in [0.15, 0.2) is 0 Å². The van der Waals surface area contributed by atoms with Crippen LogP contribution in [0.25, 0.3) is 10.8 Å². The Bertz CT molecular complexity index is 615. The molecular weight excluding hydrogens is 248 g/mol. The van der Waals surface area contributed by atoms with Gasteiger partial charge in [0, 0.05) is 17.6 Å². The van der Waals surface area contributed by atoms with Crippen molar-refractivity contribution in [2.45, 2.75) is 38.6 Å². The van der Waals surface area contributed by atoms with Crippen molar-refractivity contribution in [3.8, 4) is 0 Å². The third-order valence-corrected chi connectivity index (χ3v) is 4.21. The van der Waals surface area contributed by atoms with E-state index >= 15 is 0 Å². The van der Waals surface area contributed by atoms with Crippen LogP contribution in [-0.2, 0) is 0 Å². The molecule has 104 valence electrons. The van der Waals surface area contributed by atoms with Gasteiger partial charge in [-0.25, -0.2) is 0 Å². The number of hydrogen-bond acceptors (Lipinski definition) is 2. The fourth-order valence-corrected chi connectivity index (χ4v) is 2.87. The first-order valence-electron chi connectivity index (χ1n) is 7.38. The van der Waals surface area contributed by atoms with Crippen LogP contribution in [0, 0.1) is 5.92 Å². The molecule has 0 saturated heterocycles. The van der Waals surface area contributed by atoms with Crippen LogP contribution in [0.5, 0.6) is 0 Å². The Morgan fingerprint density at radius 3 is 2.60 bits per heavy atom. The number of nitrogens with zero attached hydrogens (tertiary/aromatic N) is 1. The van der Waals surface area contributed by atoms with E-state index in [1.165, 1.54) is 12.8 Å². The van der Waals surface area contributed by atoms with Crippen LogP contribution in [0.3, 0.4) is 0 Å². The molecule has 1 saturated carbocycles. The lowest BCUT2D eigenvalue weighted by molar-refractivity contribution is 0.0918. The monoisotopic (exact) mass is 268 g/mol. The molecule has 20 heavy (non-hydrogen) atoms. The molecule has 0 atom stereocenters. The quantitative estimate of drug-likeness (QED) is 0.905. The predicted octanol–water partition coefficient (Wildman–Crippen LogP) is 3.54. The van der Waals surface area contributed by atoms with Crippen LogP contribution < -0.4 is 5.32 Å². The van der Waals surface area contributed by atoms with Gasteiger partial charge in [0.25, 0.3) is 5.91 Å². The topological polar surface area (TPSA) is 42.0 Å². The maximum absolute atomic E-state index is 12.3. The molecule has 1 N–H and O–H groups in total. The van der Waals surface area contributed by atoms with Gasteiger partial charge in [-0.1, -0.05) is 31.2 Å². The number of carbonyl (C=O) groups excluding carboxylic acids is 1. The normalized spacial score (nSPS) is 22.6.